The van der Waals surface area contributed by atoms with E-state index in [1.807, 2.05) is 23.9 Å². The first-order valence-electron chi connectivity index (χ1n) is 4.41. The van der Waals surface area contributed by atoms with E-state index in [2.05, 4.69) is 15.1 Å². The summed E-state index contributed by atoms with van der Waals surface area (Å²) in [6, 6.07) is 1.81. The molecular weight excluding hydrogens is 178 g/mol. The van der Waals surface area contributed by atoms with Crippen molar-refractivity contribution in [2.75, 3.05) is 5.73 Å². The number of rotatable bonds is 2. The Balaban J connectivity index is 2.39. The van der Waals surface area contributed by atoms with Crippen LogP contribution in [0, 0.1) is 0 Å². The predicted molar refractivity (Wildman–Crippen MR) is 53.3 cm³/mol. The summed E-state index contributed by atoms with van der Waals surface area (Å²) in [5.74, 6) is 0.284. The van der Waals surface area contributed by atoms with Gasteiger partial charge in [-0.2, -0.15) is 5.10 Å². The quantitative estimate of drug-likeness (QED) is 0.763. The number of hydrogen-bond acceptors (Lipinski definition) is 4. The summed E-state index contributed by atoms with van der Waals surface area (Å²) in [4.78, 5) is 7.94. The van der Waals surface area contributed by atoms with Gasteiger partial charge in [0, 0.05) is 24.5 Å². The van der Waals surface area contributed by atoms with Crippen LogP contribution in [0.15, 0.2) is 24.7 Å². The van der Waals surface area contributed by atoms with Gasteiger partial charge in [-0.15, -0.1) is 0 Å². The SMILES string of the molecule is CCn1cc(-c2ccnc(N)n2)cn1. The number of hydrogen-bond donors (Lipinski definition) is 1. The number of nitrogens with two attached hydrogens (primary N) is 1. The molecule has 5 nitrogen and oxygen atoms in total. The lowest BCUT2D eigenvalue weighted by Crippen LogP contribution is -1.95. The van der Waals surface area contributed by atoms with Crippen molar-refractivity contribution in [1.82, 2.24) is 19.7 Å². The maximum absolute atomic E-state index is 5.49. The van der Waals surface area contributed by atoms with Crippen LogP contribution in [-0.4, -0.2) is 19.7 Å². The van der Waals surface area contributed by atoms with Crippen LogP contribution in [-0.2, 0) is 6.54 Å². The van der Waals surface area contributed by atoms with E-state index in [1.165, 1.54) is 0 Å². The van der Waals surface area contributed by atoms with E-state index in [0.29, 0.717) is 0 Å². The Labute approximate surface area is 81.6 Å². The van der Waals surface area contributed by atoms with Crippen molar-refractivity contribution in [1.29, 1.82) is 0 Å². The molecule has 2 rings (SSSR count). The van der Waals surface area contributed by atoms with Gasteiger partial charge in [0.05, 0.1) is 11.9 Å². The zero-order chi connectivity index (χ0) is 9.97. The Morgan fingerprint density at radius 3 is 3.00 bits per heavy atom. The summed E-state index contributed by atoms with van der Waals surface area (Å²) in [5.41, 5.74) is 7.25. The number of anilines is 1. The Hall–Kier alpha value is -1.91. The molecular formula is C9H11N5. The van der Waals surface area contributed by atoms with Crippen LogP contribution in [0.4, 0.5) is 5.95 Å². The number of aromatic nitrogens is 4. The van der Waals surface area contributed by atoms with Crippen LogP contribution in [0.1, 0.15) is 6.92 Å². The van der Waals surface area contributed by atoms with Crippen molar-refractivity contribution >= 4 is 5.95 Å². The second kappa shape index (κ2) is 3.45. The van der Waals surface area contributed by atoms with Gasteiger partial charge in [0.25, 0.3) is 0 Å². The van der Waals surface area contributed by atoms with Gasteiger partial charge in [0.1, 0.15) is 0 Å². The molecule has 0 unspecified atom stereocenters. The Morgan fingerprint density at radius 2 is 2.36 bits per heavy atom. The smallest absolute Gasteiger partial charge is 0.220 e. The van der Waals surface area contributed by atoms with Gasteiger partial charge in [0.15, 0.2) is 0 Å². The minimum absolute atomic E-state index is 0.284. The van der Waals surface area contributed by atoms with E-state index >= 15 is 0 Å². The molecule has 0 aliphatic rings. The lowest BCUT2D eigenvalue weighted by atomic mass is 10.2. The monoisotopic (exact) mass is 189 g/mol. The Bertz CT molecular complexity index is 434. The lowest BCUT2D eigenvalue weighted by Gasteiger charge is -1.96. The van der Waals surface area contributed by atoms with Gasteiger partial charge in [-0.3, -0.25) is 4.68 Å². The largest absolute Gasteiger partial charge is 0.368 e. The molecule has 2 N–H and O–H groups in total. The number of nitrogen functional groups attached to an aromatic ring is 1. The molecule has 0 saturated heterocycles. The molecule has 0 fully saturated rings. The van der Waals surface area contributed by atoms with Crippen molar-refractivity contribution in [2.24, 2.45) is 0 Å². The van der Waals surface area contributed by atoms with Gasteiger partial charge in [0.2, 0.25) is 5.95 Å². The second-order valence-electron chi connectivity index (χ2n) is 2.88. The first-order valence-corrected chi connectivity index (χ1v) is 4.41. The molecule has 0 aliphatic carbocycles. The molecule has 0 aromatic carbocycles. The summed E-state index contributed by atoms with van der Waals surface area (Å²) < 4.78 is 1.84. The Morgan fingerprint density at radius 1 is 1.50 bits per heavy atom. The zero-order valence-corrected chi connectivity index (χ0v) is 7.88. The summed E-state index contributed by atoms with van der Waals surface area (Å²) in [6.45, 7) is 2.88. The maximum atomic E-state index is 5.49. The molecule has 0 saturated carbocycles. The molecule has 2 aromatic rings. The van der Waals surface area contributed by atoms with Crippen LogP contribution < -0.4 is 5.73 Å². The van der Waals surface area contributed by atoms with Gasteiger partial charge in [-0.05, 0) is 13.0 Å². The van der Waals surface area contributed by atoms with Gasteiger partial charge in [-0.25, -0.2) is 9.97 Å². The molecule has 5 heteroatoms. The van der Waals surface area contributed by atoms with Crippen LogP contribution in [0.3, 0.4) is 0 Å². The first kappa shape index (κ1) is 8.68. The minimum Gasteiger partial charge on any atom is -0.368 e. The molecule has 2 heterocycles. The highest BCUT2D eigenvalue weighted by Gasteiger charge is 2.02. The van der Waals surface area contributed by atoms with Gasteiger partial charge >= 0.3 is 0 Å². The summed E-state index contributed by atoms with van der Waals surface area (Å²) in [5, 5.41) is 4.16. The third kappa shape index (κ3) is 1.56. The predicted octanol–water partition coefficient (Wildman–Crippen LogP) is 0.942. The highest BCUT2D eigenvalue weighted by molar-refractivity contribution is 5.57. The number of nitrogens with zero attached hydrogens (tertiary/aromatic N) is 4. The second-order valence-corrected chi connectivity index (χ2v) is 2.88. The molecule has 0 spiro atoms. The molecule has 72 valence electrons. The Kier molecular flexibility index (Phi) is 2.14. The highest BCUT2D eigenvalue weighted by atomic mass is 15.3. The van der Waals surface area contributed by atoms with E-state index in [0.717, 1.165) is 17.8 Å². The summed E-state index contributed by atoms with van der Waals surface area (Å²) >= 11 is 0. The lowest BCUT2D eigenvalue weighted by molar-refractivity contribution is 0.660. The number of aryl methyl sites for hydroxylation is 1. The van der Waals surface area contributed by atoms with Crippen molar-refractivity contribution < 1.29 is 0 Å². The molecule has 0 bridgehead atoms. The molecule has 0 radical (unpaired) electrons. The van der Waals surface area contributed by atoms with E-state index < -0.39 is 0 Å². The normalized spacial score (nSPS) is 10.4. The molecule has 2 aromatic heterocycles. The van der Waals surface area contributed by atoms with Crippen LogP contribution >= 0.6 is 0 Å². The van der Waals surface area contributed by atoms with Gasteiger partial charge < -0.3 is 5.73 Å². The first-order chi connectivity index (χ1) is 6.79. The topological polar surface area (TPSA) is 69.6 Å². The van der Waals surface area contributed by atoms with E-state index in [4.69, 9.17) is 5.73 Å². The fourth-order valence-electron chi connectivity index (χ4n) is 1.20. The standard InChI is InChI=1S/C9H11N5/c1-2-14-6-7(5-12-14)8-3-4-11-9(10)13-8/h3-6H,2H2,1H3,(H2,10,11,13). The van der Waals surface area contributed by atoms with Crippen LogP contribution in [0.25, 0.3) is 11.3 Å². The summed E-state index contributed by atoms with van der Waals surface area (Å²) in [7, 11) is 0. The molecule has 0 atom stereocenters. The third-order valence-corrected chi connectivity index (χ3v) is 1.93. The van der Waals surface area contributed by atoms with Crippen molar-refractivity contribution in [2.45, 2.75) is 13.5 Å². The molecule has 14 heavy (non-hydrogen) atoms. The molecule has 0 aliphatic heterocycles. The van der Waals surface area contributed by atoms with Crippen molar-refractivity contribution in [3.8, 4) is 11.3 Å². The summed E-state index contributed by atoms with van der Waals surface area (Å²) in [6.07, 6.45) is 5.34. The third-order valence-electron chi connectivity index (χ3n) is 1.93. The highest BCUT2D eigenvalue weighted by Crippen LogP contribution is 2.15. The fourth-order valence-corrected chi connectivity index (χ4v) is 1.20. The van der Waals surface area contributed by atoms with Crippen LogP contribution in [0.5, 0.6) is 0 Å². The average molecular weight is 189 g/mol. The molecule has 0 amide bonds. The minimum atomic E-state index is 0.284. The van der Waals surface area contributed by atoms with Crippen LogP contribution in [0.2, 0.25) is 0 Å². The maximum Gasteiger partial charge on any atom is 0.220 e. The zero-order valence-electron chi connectivity index (χ0n) is 7.88. The van der Waals surface area contributed by atoms with E-state index in [9.17, 15) is 0 Å². The average Bonchev–Trinajstić information content (AvgIpc) is 2.66. The van der Waals surface area contributed by atoms with Gasteiger partial charge in [-0.1, -0.05) is 0 Å². The van der Waals surface area contributed by atoms with Crippen molar-refractivity contribution in [3.63, 3.8) is 0 Å². The van der Waals surface area contributed by atoms with Crippen molar-refractivity contribution in [3.05, 3.63) is 24.7 Å². The fraction of sp³-hybridized carbons (Fsp3) is 0.222. The van der Waals surface area contributed by atoms with E-state index in [1.54, 1.807) is 12.4 Å². The van der Waals surface area contributed by atoms with E-state index in [-0.39, 0.29) is 5.95 Å².